The summed E-state index contributed by atoms with van der Waals surface area (Å²) in [4.78, 5) is 14.4. The molecule has 1 unspecified atom stereocenters. The van der Waals surface area contributed by atoms with Crippen LogP contribution in [0.4, 0.5) is 0 Å². The molecule has 0 radical (unpaired) electrons. The van der Waals surface area contributed by atoms with Crippen molar-refractivity contribution >= 4 is 15.9 Å². The van der Waals surface area contributed by atoms with E-state index in [0.717, 1.165) is 6.42 Å². The Bertz CT molecular complexity index is 660. The average molecular weight is 325 g/mol. The Balaban J connectivity index is 2.22. The van der Waals surface area contributed by atoms with Crippen LogP contribution in [-0.4, -0.2) is 45.4 Å². The van der Waals surface area contributed by atoms with Crippen molar-refractivity contribution in [2.24, 2.45) is 11.1 Å². The van der Waals surface area contributed by atoms with Crippen LogP contribution in [0.2, 0.25) is 0 Å². The molecule has 6 nitrogen and oxygen atoms in total. The Morgan fingerprint density at radius 3 is 2.77 bits per heavy atom. The first kappa shape index (κ1) is 16.9. The van der Waals surface area contributed by atoms with Crippen LogP contribution in [0, 0.1) is 5.41 Å². The SMILES string of the molecule is CCNS(=O)(=O)c1cccc(C(=O)N2CCC(C)(CN)C2)c1. The molecule has 0 bridgehead atoms. The quantitative estimate of drug-likeness (QED) is 0.837. The molecule has 0 spiro atoms. The zero-order valence-electron chi connectivity index (χ0n) is 13.0. The van der Waals surface area contributed by atoms with Crippen molar-refractivity contribution < 1.29 is 13.2 Å². The Kier molecular flexibility index (Phi) is 4.89. The number of nitrogens with two attached hydrogens (primary N) is 1. The molecule has 1 fully saturated rings. The van der Waals surface area contributed by atoms with Crippen LogP contribution in [0.3, 0.4) is 0 Å². The number of rotatable bonds is 5. The van der Waals surface area contributed by atoms with Crippen molar-refractivity contribution in [1.82, 2.24) is 9.62 Å². The van der Waals surface area contributed by atoms with Crippen molar-refractivity contribution in [3.63, 3.8) is 0 Å². The van der Waals surface area contributed by atoms with Gasteiger partial charge in [0.2, 0.25) is 10.0 Å². The highest BCUT2D eigenvalue weighted by Gasteiger charge is 2.35. The van der Waals surface area contributed by atoms with Crippen LogP contribution >= 0.6 is 0 Å². The molecule has 22 heavy (non-hydrogen) atoms. The first-order valence-corrected chi connectivity index (χ1v) is 8.89. The lowest BCUT2D eigenvalue weighted by Crippen LogP contribution is -2.34. The number of hydrogen-bond acceptors (Lipinski definition) is 4. The van der Waals surface area contributed by atoms with Gasteiger partial charge in [-0.15, -0.1) is 0 Å². The maximum Gasteiger partial charge on any atom is 0.253 e. The van der Waals surface area contributed by atoms with Crippen molar-refractivity contribution in [2.45, 2.75) is 25.2 Å². The van der Waals surface area contributed by atoms with E-state index in [4.69, 9.17) is 5.73 Å². The minimum Gasteiger partial charge on any atom is -0.338 e. The summed E-state index contributed by atoms with van der Waals surface area (Å²) in [6.07, 6.45) is 0.866. The van der Waals surface area contributed by atoms with Crippen molar-refractivity contribution in [3.05, 3.63) is 29.8 Å². The van der Waals surface area contributed by atoms with E-state index >= 15 is 0 Å². The summed E-state index contributed by atoms with van der Waals surface area (Å²) in [7, 11) is -3.56. The predicted octanol–water partition coefficient (Wildman–Crippen LogP) is 0.796. The number of carbonyl (C=O) groups excluding carboxylic acids is 1. The highest BCUT2D eigenvalue weighted by Crippen LogP contribution is 2.29. The van der Waals surface area contributed by atoms with Gasteiger partial charge in [0.05, 0.1) is 4.90 Å². The smallest absolute Gasteiger partial charge is 0.253 e. The third-order valence-electron chi connectivity index (χ3n) is 4.06. The number of amides is 1. The monoisotopic (exact) mass is 325 g/mol. The lowest BCUT2D eigenvalue weighted by molar-refractivity contribution is 0.0776. The molecule has 1 aromatic carbocycles. The second-order valence-corrected chi connectivity index (χ2v) is 7.79. The van der Waals surface area contributed by atoms with E-state index < -0.39 is 10.0 Å². The first-order chi connectivity index (χ1) is 10.3. The number of carbonyl (C=O) groups is 1. The predicted molar refractivity (Wildman–Crippen MR) is 85.0 cm³/mol. The maximum absolute atomic E-state index is 12.6. The molecule has 1 aliphatic rings. The van der Waals surface area contributed by atoms with Crippen LogP contribution < -0.4 is 10.5 Å². The summed E-state index contributed by atoms with van der Waals surface area (Å²) < 4.78 is 26.5. The molecule has 0 aliphatic carbocycles. The number of benzene rings is 1. The molecule has 0 saturated carbocycles. The van der Waals surface area contributed by atoms with Gasteiger partial charge in [0.25, 0.3) is 5.91 Å². The standard InChI is InChI=1S/C15H23N3O3S/c1-3-17-22(20,21)13-6-4-5-12(9-13)14(19)18-8-7-15(2,10-16)11-18/h4-6,9,17H,3,7-8,10-11,16H2,1-2H3. The molecule has 1 aliphatic heterocycles. The largest absolute Gasteiger partial charge is 0.338 e. The van der Waals surface area contributed by atoms with Gasteiger partial charge in [0.15, 0.2) is 0 Å². The first-order valence-electron chi connectivity index (χ1n) is 7.40. The van der Waals surface area contributed by atoms with Gasteiger partial charge in [0, 0.05) is 25.2 Å². The van der Waals surface area contributed by atoms with E-state index in [1.165, 1.54) is 12.1 Å². The fourth-order valence-corrected chi connectivity index (χ4v) is 3.70. The van der Waals surface area contributed by atoms with E-state index in [0.29, 0.717) is 31.7 Å². The number of nitrogens with zero attached hydrogens (tertiary/aromatic N) is 1. The minimum atomic E-state index is -3.56. The molecule has 122 valence electrons. The normalized spacial score (nSPS) is 22.0. The summed E-state index contributed by atoms with van der Waals surface area (Å²) >= 11 is 0. The van der Waals surface area contributed by atoms with Crippen LogP contribution in [0.1, 0.15) is 30.6 Å². The highest BCUT2D eigenvalue weighted by atomic mass is 32.2. The van der Waals surface area contributed by atoms with E-state index in [-0.39, 0.29) is 16.2 Å². The van der Waals surface area contributed by atoms with Gasteiger partial charge in [-0.1, -0.05) is 19.9 Å². The molecule has 3 N–H and O–H groups in total. The Morgan fingerprint density at radius 1 is 1.45 bits per heavy atom. The summed E-state index contributed by atoms with van der Waals surface area (Å²) in [5.74, 6) is -0.147. The average Bonchev–Trinajstić information content (AvgIpc) is 2.90. The topological polar surface area (TPSA) is 92.5 Å². The summed E-state index contributed by atoms with van der Waals surface area (Å²) in [5.41, 5.74) is 6.09. The molecule has 1 aromatic rings. The van der Waals surface area contributed by atoms with Crippen LogP contribution in [-0.2, 0) is 10.0 Å². The van der Waals surface area contributed by atoms with E-state index in [2.05, 4.69) is 11.6 Å². The van der Waals surface area contributed by atoms with Crippen LogP contribution in [0.15, 0.2) is 29.2 Å². The number of likely N-dealkylation sites (tertiary alicyclic amines) is 1. The summed E-state index contributed by atoms with van der Waals surface area (Å²) in [6.45, 7) is 5.87. The second kappa shape index (κ2) is 6.36. The van der Waals surface area contributed by atoms with E-state index in [9.17, 15) is 13.2 Å². The van der Waals surface area contributed by atoms with E-state index in [1.54, 1.807) is 24.0 Å². The molecule has 7 heteroatoms. The minimum absolute atomic E-state index is 0.0525. The van der Waals surface area contributed by atoms with Crippen molar-refractivity contribution in [1.29, 1.82) is 0 Å². The molecule has 1 saturated heterocycles. The Labute approximate surface area is 131 Å². The molecule has 1 amide bonds. The highest BCUT2D eigenvalue weighted by molar-refractivity contribution is 7.89. The van der Waals surface area contributed by atoms with Gasteiger partial charge in [-0.05, 0) is 36.6 Å². The number of hydrogen-bond donors (Lipinski definition) is 2. The van der Waals surface area contributed by atoms with Crippen molar-refractivity contribution in [3.8, 4) is 0 Å². The molecule has 1 heterocycles. The van der Waals surface area contributed by atoms with Gasteiger partial charge in [-0.2, -0.15) is 0 Å². The fourth-order valence-electron chi connectivity index (χ4n) is 2.62. The van der Waals surface area contributed by atoms with Gasteiger partial charge in [-0.3, -0.25) is 4.79 Å². The third-order valence-corrected chi connectivity index (χ3v) is 5.61. The number of nitrogens with one attached hydrogen (secondary N) is 1. The van der Waals surface area contributed by atoms with E-state index in [1.807, 2.05) is 0 Å². The van der Waals surface area contributed by atoms with Gasteiger partial charge in [-0.25, -0.2) is 13.1 Å². The second-order valence-electron chi connectivity index (χ2n) is 6.02. The zero-order chi connectivity index (χ0) is 16.4. The summed E-state index contributed by atoms with van der Waals surface area (Å²) in [6, 6.07) is 6.16. The van der Waals surface area contributed by atoms with Gasteiger partial charge in [0.1, 0.15) is 0 Å². The van der Waals surface area contributed by atoms with Crippen LogP contribution in [0.25, 0.3) is 0 Å². The van der Waals surface area contributed by atoms with Crippen LogP contribution in [0.5, 0.6) is 0 Å². The Hall–Kier alpha value is -1.44. The molecule has 0 aromatic heterocycles. The van der Waals surface area contributed by atoms with Gasteiger partial charge < -0.3 is 10.6 Å². The molecule has 1 atom stereocenters. The maximum atomic E-state index is 12.6. The fraction of sp³-hybridized carbons (Fsp3) is 0.533. The zero-order valence-corrected chi connectivity index (χ0v) is 13.8. The Morgan fingerprint density at radius 2 is 2.18 bits per heavy atom. The van der Waals surface area contributed by atoms with Gasteiger partial charge >= 0.3 is 0 Å². The third kappa shape index (κ3) is 3.48. The number of sulfonamides is 1. The lowest BCUT2D eigenvalue weighted by atomic mass is 9.90. The molecular weight excluding hydrogens is 302 g/mol. The molecular formula is C15H23N3O3S. The van der Waals surface area contributed by atoms with Crippen molar-refractivity contribution in [2.75, 3.05) is 26.2 Å². The molecule has 2 rings (SSSR count). The lowest BCUT2D eigenvalue weighted by Gasteiger charge is -2.22. The summed E-state index contributed by atoms with van der Waals surface area (Å²) in [5, 5.41) is 0.